The molecule has 150 valence electrons. The number of nitrogens with two attached hydrogens (primary N) is 1. The molecule has 10 heteroatoms. The van der Waals surface area contributed by atoms with E-state index in [0.29, 0.717) is 27.6 Å². The van der Waals surface area contributed by atoms with E-state index < -0.39 is 17.4 Å². The summed E-state index contributed by atoms with van der Waals surface area (Å²) in [5, 5.41) is 13.8. The molecule has 2 amide bonds. The average Bonchev–Trinajstić information content (AvgIpc) is 3.25. The Kier molecular flexibility index (Phi) is 5.57. The number of thiophene rings is 1. The Labute approximate surface area is 179 Å². The number of carbonyl (C=O) groups is 3. The zero-order valence-electron chi connectivity index (χ0n) is 15.0. The molecule has 7 nitrogen and oxygen atoms in total. The first-order valence-corrected chi connectivity index (χ1v) is 11.6. The molecular weight excluding hydrogens is 430 g/mol. The summed E-state index contributed by atoms with van der Waals surface area (Å²) in [7, 11) is 0. The van der Waals surface area contributed by atoms with Crippen molar-refractivity contribution in [2.45, 2.75) is 16.3 Å². The van der Waals surface area contributed by atoms with Crippen LogP contribution in [0.4, 0.5) is 5.69 Å². The molecule has 1 aromatic heterocycles. The van der Waals surface area contributed by atoms with Crippen molar-refractivity contribution in [2.75, 3.05) is 17.2 Å². The topological polar surface area (TPSA) is 113 Å². The van der Waals surface area contributed by atoms with Crippen molar-refractivity contribution in [1.82, 2.24) is 10.2 Å². The molecule has 2 aromatic rings. The zero-order valence-corrected chi connectivity index (χ0v) is 17.5. The lowest BCUT2D eigenvalue weighted by molar-refractivity contribution is -0.148. The van der Waals surface area contributed by atoms with Gasteiger partial charge in [-0.05, 0) is 41.3 Å². The highest BCUT2D eigenvalue weighted by molar-refractivity contribution is 8.01. The summed E-state index contributed by atoms with van der Waals surface area (Å²) in [6.45, 7) is 0. The van der Waals surface area contributed by atoms with Gasteiger partial charge in [-0.15, -0.1) is 34.9 Å². The van der Waals surface area contributed by atoms with Crippen LogP contribution in [0.5, 0.6) is 0 Å². The number of amides is 2. The molecule has 3 heterocycles. The Morgan fingerprint density at radius 1 is 1.28 bits per heavy atom. The molecule has 4 N–H and O–H groups in total. The predicted molar refractivity (Wildman–Crippen MR) is 115 cm³/mol. The quantitative estimate of drug-likeness (QED) is 0.354. The van der Waals surface area contributed by atoms with Crippen molar-refractivity contribution >= 4 is 58.3 Å². The lowest BCUT2D eigenvalue weighted by Gasteiger charge is -2.49. The molecule has 4 rings (SSSR count). The molecule has 0 aliphatic carbocycles. The number of nitrogens with zero attached hydrogens (tertiary/aromatic N) is 1. The fourth-order valence-electron chi connectivity index (χ4n) is 3.15. The summed E-state index contributed by atoms with van der Waals surface area (Å²) in [5.74, 6) is -0.881. The number of rotatable bonds is 6. The van der Waals surface area contributed by atoms with Crippen molar-refractivity contribution < 1.29 is 19.5 Å². The number of carboxylic acid groups (broad SMARTS) is 1. The van der Waals surface area contributed by atoms with Crippen LogP contribution in [0.25, 0.3) is 0 Å². The third-order valence-electron chi connectivity index (χ3n) is 4.57. The molecule has 0 bridgehead atoms. The van der Waals surface area contributed by atoms with Crippen molar-refractivity contribution in [3.8, 4) is 0 Å². The van der Waals surface area contributed by atoms with E-state index in [2.05, 4.69) is 5.32 Å². The molecular formula is C19H17N3O4S3. The SMILES string of the molecule is Nc1ccc(SCC2=C(C(=O)O)N3C(=O)C(NC(=O)c4cccs4)C3SC2)cc1. The molecule has 2 aliphatic rings. The molecule has 2 atom stereocenters. The maximum atomic E-state index is 12.7. The summed E-state index contributed by atoms with van der Waals surface area (Å²) in [6, 6.07) is 10.1. The van der Waals surface area contributed by atoms with E-state index in [0.717, 1.165) is 4.90 Å². The van der Waals surface area contributed by atoms with Crippen LogP contribution in [0.2, 0.25) is 0 Å². The standard InChI is InChI=1S/C19H17N3O4S3/c20-11-3-5-12(6-4-11)28-8-10-9-29-18-14(17(24)22(18)15(10)19(25)26)21-16(23)13-2-1-7-27-13/h1-7,14,18H,8-9,20H2,(H,21,23)(H,25,26). The van der Waals surface area contributed by atoms with Gasteiger partial charge in [0.1, 0.15) is 17.1 Å². The van der Waals surface area contributed by atoms with Gasteiger partial charge >= 0.3 is 5.97 Å². The van der Waals surface area contributed by atoms with E-state index in [9.17, 15) is 19.5 Å². The van der Waals surface area contributed by atoms with E-state index in [1.54, 1.807) is 29.6 Å². The van der Waals surface area contributed by atoms with E-state index in [1.807, 2.05) is 12.1 Å². The average molecular weight is 448 g/mol. The van der Waals surface area contributed by atoms with Crippen molar-refractivity contribution in [1.29, 1.82) is 0 Å². The molecule has 1 saturated heterocycles. The maximum absolute atomic E-state index is 12.7. The van der Waals surface area contributed by atoms with E-state index >= 15 is 0 Å². The summed E-state index contributed by atoms with van der Waals surface area (Å²) in [6.07, 6.45) is 0. The summed E-state index contributed by atoms with van der Waals surface area (Å²) in [4.78, 5) is 39.6. The van der Waals surface area contributed by atoms with Gasteiger partial charge in [0.15, 0.2) is 0 Å². The van der Waals surface area contributed by atoms with Crippen LogP contribution < -0.4 is 11.1 Å². The Morgan fingerprint density at radius 2 is 2.03 bits per heavy atom. The maximum Gasteiger partial charge on any atom is 0.352 e. The highest BCUT2D eigenvalue weighted by Gasteiger charge is 2.54. The molecule has 0 radical (unpaired) electrons. The van der Waals surface area contributed by atoms with Gasteiger partial charge in [-0.3, -0.25) is 14.5 Å². The normalized spacial score (nSPS) is 20.8. The minimum absolute atomic E-state index is 0.0308. The summed E-state index contributed by atoms with van der Waals surface area (Å²) < 4.78 is 0. The van der Waals surface area contributed by atoms with Gasteiger partial charge in [-0.1, -0.05) is 6.07 Å². The number of benzene rings is 1. The Hall–Kier alpha value is -2.43. The third kappa shape index (κ3) is 3.87. The Balaban J connectivity index is 1.48. The van der Waals surface area contributed by atoms with Gasteiger partial charge < -0.3 is 16.2 Å². The third-order valence-corrected chi connectivity index (χ3v) is 7.88. The van der Waals surface area contributed by atoms with Crippen LogP contribution in [0, 0.1) is 0 Å². The number of fused-ring (bicyclic) bond motifs is 1. The second-order valence-electron chi connectivity index (χ2n) is 6.45. The number of nitrogen functional groups attached to an aromatic ring is 1. The number of thioether (sulfide) groups is 2. The number of β-lactam (4-membered cyclic amide) rings is 1. The van der Waals surface area contributed by atoms with Crippen molar-refractivity contribution in [2.24, 2.45) is 0 Å². The second kappa shape index (κ2) is 8.13. The number of nitrogens with one attached hydrogen (secondary N) is 1. The number of carbonyl (C=O) groups excluding carboxylic acids is 2. The second-order valence-corrected chi connectivity index (χ2v) is 9.55. The monoisotopic (exact) mass is 447 g/mol. The van der Waals surface area contributed by atoms with E-state index in [1.165, 1.54) is 39.8 Å². The van der Waals surface area contributed by atoms with Crippen molar-refractivity contribution in [3.05, 3.63) is 57.9 Å². The van der Waals surface area contributed by atoms with Crippen LogP contribution in [0.1, 0.15) is 9.67 Å². The molecule has 0 saturated carbocycles. The smallest absolute Gasteiger partial charge is 0.352 e. The first-order valence-electron chi connectivity index (χ1n) is 8.68. The minimum Gasteiger partial charge on any atom is -0.477 e. The molecule has 0 spiro atoms. The number of hydrogen-bond donors (Lipinski definition) is 3. The number of carboxylic acids is 1. The lowest BCUT2D eigenvalue weighted by Crippen LogP contribution is -2.70. The first-order chi connectivity index (χ1) is 14.0. The zero-order chi connectivity index (χ0) is 20.5. The molecule has 1 aromatic carbocycles. The Morgan fingerprint density at radius 3 is 2.69 bits per heavy atom. The van der Waals surface area contributed by atoms with Gasteiger partial charge in [-0.2, -0.15) is 0 Å². The summed E-state index contributed by atoms with van der Waals surface area (Å²) >= 11 is 4.26. The highest BCUT2D eigenvalue weighted by atomic mass is 32.2. The van der Waals surface area contributed by atoms with Crippen LogP contribution in [0.15, 0.2) is 57.9 Å². The van der Waals surface area contributed by atoms with Crippen LogP contribution in [0.3, 0.4) is 0 Å². The number of aliphatic carboxylic acids is 1. The first kappa shape index (κ1) is 19.9. The number of anilines is 1. The lowest BCUT2D eigenvalue weighted by atomic mass is 10.0. The van der Waals surface area contributed by atoms with Crippen LogP contribution in [-0.2, 0) is 9.59 Å². The number of hydrogen-bond acceptors (Lipinski definition) is 7. The molecule has 2 aliphatic heterocycles. The molecule has 29 heavy (non-hydrogen) atoms. The van der Waals surface area contributed by atoms with E-state index in [4.69, 9.17) is 5.73 Å². The van der Waals surface area contributed by atoms with Gasteiger partial charge in [0.2, 0.25) is 0 Å². The fourth-order valence-corrected chi connectivity index (χ4v) is 6.16. The Bertz CT molecular complexity index is 989. The van der Waals surface area contributed by atoms with Gasteiger partial charge in [0.25, 0.3) is 11.8 Å². The van der Waals surface area contributed by atoms with Crippen LogP contribution >= 0.6 is 34.9 Å². The largest absolute Gasteiger partial charge is 0.477 e. The minimum atomic E-state index is -1.13. The van der Waals surface area contributed by atoms with Gasteiger partial charge in [0.05, 0.1) is 4.88 Å². The van der Waals surface area contributed by atoms with E-state index in [-0.39, 0.29) is 17.5 Å². The van der Waals surface area contributed by atoms with Crippen LogP contribution in [-0.4, -0.2) is 50.7 Å². The summed E-state index contributed by atoms with van der Waals surface area (Å²) in [5.41, 5.74) is 7.08. The van der Waals surface area contributed by atoms with Crippen molar-refractivity contribution in [3.63, 3.8) is 0 Å². The van der Waals surface area contributed by atoms with Gasteiger partial charge in [0, 0.05) is 22.1 Å². The van der Waals surface area contributed by atoms with Gasteiger partial charge in [-0.25, -0.2) is 4.79 Å². The predicted octanol–water partition coefficient (Wildman–Crippen LogP) is 2.47. The highest BCUT2D eigenvalue weighted by Crippen LogP contribution is 2.41. The molecule has 1 fully saturated rings. The fraction of sp³-hybridized carbons (Fsp3) is 0.211. The molecule has 2 unspecified atom stereocenters.